The summed E-state index contributed by atoms with van der Waals surface area (Å²) in [5.74, 6) is -0.944. The van der Waals surface area contributed by atoms with Gasteiger partial charge in [0.05, 0.1) is 34.5 Å². The molecule has 0 radical (unpaired) electrons. The number of primary amides is 1. The summed E-state index contributed by atoms with van der Waals surface area (Å²) < 4.78 is 29.5. The zero-order valence-corrected chi connectivity index (χ0v) is 17.9. The number of fused-ring (bicyclic) bond motifs is 1. The lowest BCUT2D eigenvalue weighted by Crippen LogP contribution is -2.69. The van der Waals surface area contributed by atoms with E-state index in [-0.39, 0.29) is 40.6 Å². The molecule has 6 unspecified atom stereocenters. The van der Waals surface area contributed by atoms with Gasteiger partial charge < -0.3 is 11.1 Å². The zero-order valence-electron chi connectivity index (χ0n) is 16.3. The van der Waals surface area contributed by atoms with E-state index in [0.29, 0.717) is 12.2 Å². The maximum atomic E-state index is 14.0. The van der Waals surface area contributed by atoms with Crippen molar-refractivity contribution in [1.29, 1.82) is 0 Å². The summed E-state index contributed by atoms with van der Waals surface area (Å²) in [7, 11) is -1.31. The minimum absolute atomic E-state index is 0.0609. The molecule has 166 valence electrons. The number of rotatable bonds is 9. The molecule has 31 heavy (non-hydrogen) atoms. The van der Waals surface area contributed by atoms with Crippen molar-refractivity contribution in [3.05, 3.63) is 47.1 Å². The predicted molar refractivity (Wildman–Crippen MR) is 114 cm³/mol. The van der Waals surface area contributed by atoms with Gasteiger partial charge >= 0.3 is 0 Å². The number of aromatic nitrogens is 2. The molecule has 0 spiro atoms. The number of benzene rings is 1. The van der Waals surface area contributed by atoms with Crippen LogP contribution < -0.4 is 21.3 Å². The molecule has 2 aromatic rings. The van der Waals surface area contributed by atoms with Gasteiger partial charge in [-0.3, -0.25) is 15.5 Å². The molecule has 0 saturated heterocycles. The van der Waals surface area contributed by atoms with Crippen LogP contribution in [0.5, 0.6) is 0 Å². The van der Waals surface area contributed by atoms with Gasteiger partial charge in [-0.25, -0.2) is 18.3 Å². The van der Waals surface area contributed by atoms with E-state index in [1.54, 1.807) is 18.2 Å². The molecule has 2 saturated carbocycles. The number of halogens is 2. The first-order chi connectivity index (χ1) is 14.9. The highest BCUT2D eigenvalue weighted by molar-refractivity contribution is 7.82. The van der Waals surface area contributed by atoms with Crippen LogP contribution in [0.15, 0.2) is 30.5 Å². The number of carbonyl (C=O) groups excluding carboxylic acids is 1. The highest BCUT2D eigenvalue weighted by atomic mass is 35.5. The predicted octanol–water partition coefficient (Wildman–Crippen LogP) is 1.67. The van der Waals surface area contributed by atoms with Gasteiger partial charge in [-0.2, -0.15) is 4.98 Å². The minimum Gasteiger partial charge on any atom is -0.369 e. The van der Waals surface area contributed by atoms with Crippen molar-refractivity contribution in [3.8, 4) is 0 Å². The van der Waals surface area contributed by atoms with Gasteiger partial charge in [-0.05, 0) is 53.5 Å². The van der Waals surface area contributed by atoms with Crippen molar-refractivity contribution < 1.29 is 18.6 Å². The Morgan fingerprint density at radius 2 is 2.23 bits per heavy atom. The van der Waals surface area contributed by atoms with Crippen molar-refractivity contribution in [2.75, 3.05) is 17.3 Å². The maximum absolute atomic E-state index is 14.0. The van der Waals surface area contributed by atoms with Crippen LogP contribution in [0.3, 0.4) is 0 Å². The normalized spacial score (nSPS) is 27.4. The van der Waals surface area contributed by atoms with E-state index in [1.165, 1.54) is 0 Å². The van der Waals surface area contributed by atoms with E-state index in [1.807, 2.05) is 6.07 Å². The molecule has 0 bridgehead atoms. The van der Waals surface area contributed by atoms with Gasteiger partial charge in [0.1, 0.15) is 0 Å². The Kier molecular flexibility index (Phi) is 6.37. The highest BCUT2D eigenvalue weighted by Gasteiger charge is 2.62. The first-order valence-corrected chi connectivity index (χ1v) is 11.4. The largest absolute Gasteiger partial charge is 0.369 e. The average Bonchev–Trinajstić information content (AvgIpc) is 2.71. The summed E-state index contributed by atoms with van der Waals surface area (Å²) in [6.45, 7) is 0.488. The second kappa shape index (κ2) is 9.03. The first-order valence-electron chi connectivity index (χ1n) is 9.72. The van der Waals surface area contributed by atoms with Crippen molar-refractivity contribution in [1.82, 2.24) is 14.7 Å². The number of hydrogen-bond donors (Lipinski definition) is 5. The molecule has 1 amide bonds. The lowest BCUT2D eigenvalue weighted by atomic mass is 9.45. The number of amides is 1. The van der Waals surface area contributed by atoms with E-state index >= 15 is 0 Å². The van der Waals surface area contributed by atoms with Gasteiger partial charge in [0.15, 0.2) is 11.6 Å². The van der Waals surface area contributed by atoms with E-state index < -0.39 is 28.6 Å². The summed E-state index contributed by atoms with van der Waals surface area (Å²) in [5, 5.41) is 11.9. The van der Waals surface area contributed by atoms with Crippen LogP contribution in [0.2, 0.25) is 5.28 Å². The fraction of sp³-hybridized carbons (Fsp3) is 0.421. The summed E-state index contributed by atoms with van der Waals surface area (Å²) >= 11 is 5.76. The van der Waals surface area contributed by atoms with Crippen LogP contribution in [0, 0.1) is 29.5 Å². The monoisotopic (exact) mass is 468 g/mol. The average molecular weight is 469 g/mol. The van der Waals surface area contributed by atoms with Crippen molar-refractivity contribution >= 4 is 40.0 Å². The quantitative estimate of drug-likeness (QED) is 0.278. The molecule has 1 aromatic heterocycles. The van der Waals surface area contributed by atoms with Gasteiger partial charge in [-0.1, -0.05) is 12.1 Å². The summed E-state index contributed by atoms with van der Waals surface area (Å²) in [6.07, 6.45) is 1.74. The molecule has 0 aliphatic heterocycles. The van der Waals surface area contributed by atoms with E-state index in [9.17, 15) is 13.4 Å². The minimum atomic E-state index is -1.31. The number of hydrogen-bond acceptors (Lipinski definition) is 7. The molecule has 6 N–H and O–H groups in total. The number of anilines is 2. The third-order valence-electron chi connectivity index (χ3n) is 6.08. The number of carbonyl (C=O) groups is 1. The fourth-order valence-corrected chi connectivity index (χ4v) is 5.77. The van der Waals surface area contributed by atoms with Crippen LogP contribution in [0.1, 0.15) is 12.0 Å². The maximum Gasteiger partial charge on any atom is 0.224 e. The molecule has 4 rings (SSSR count). The Balaban J connectivity index is 1.36. The summed E-state index contributed by atoms with van der Waals surface area (Å²) in [5.41, 5.74) is 8.95. The molecule has 9 nitrogen and oxygen atoms in total. The Morgan fingerprint density at radius 3 is 2.97 bits per heavy atom. The second-order valence-electron chi connectivity index (χ2n) is 7.82. The molecule has 1 aromatic carbocycles. The molecular formula is C19H22ClFN6O3S. The third kappa shape index (κ3) is 4.49. The van der Waals surface area contributed by atoms with Crippen LogP contribution in [-0.4, -0.2) is 37.9 Å². The molecule has 1 heterocycles. The summed E-state index contributed by atoms with van der Waals surface area (Å²) in [6, 6.07) is 6.62. The fourth-order valence-electron chi connectivity index (χ4n) is 4.65. The van der Waals surface area contributed by atoms with E-state index in [2.05, 4.69) is 25.5 Å². The van der Waals surface area contributed by atoms with Crippen molar-refractivity contribution in [3.63, 3.8) is 0 Å². The molecular weight excluding hydrogens is 447 g/mol. The molecule has 6 atom stereocenters. The highest BCUT2D eigenvalue weighted by Crippen LogP contribution is 2.58. The molecule has 2 aliphatic rings. The molecule has 2 aliphatic carbocycles. The standard InChI is InChI=1S/C19H22ClFN6O3S/c20-19-23-7-13(21)18(26-19)25-16-14-10(5-12(14)15(16)17(22)28)6-24-31(30)8-9-2-1-3-11(4-9)27-29/h1-4,7,10,12,14-16,24,27,29H,5-6,8H2,(H2,22,28)(H,23,25,26). The van der Waals surface area contributed by atoms with Crippen molar-refractivity contribution in [2.24, 2.45) is 29.4 Å². The van der Waals surface area contributed by atoms with Gasteiger partial charge in [-0.15, -0.1) is 0 Å². The molecule has 2 fully saturated rings. The van der Waals surface area contributed by atoms with Gasteiger partial charge in [0.2, 0.25) is 11.2 Å². The number of nitrogens with two attached hydrogens (primary N) is 1. The topological polar surface area (TPSA) is 142 Å². The Labute approximate surface area is 185 Å². The lowest BCUT2D eigenvalue weighted by molar-refractivity contribution is -0.148. The van der Waals surface area contributed by atoms with Crippen LogP contribution >= 0.6 is 11.6 Å². The van der Waals surface area contributed by atoms with Crippen LogP contribution in [0.25, 0.3) is 0 Å². The van der Waals surface area contributed by atoms with Crippen molar-refractivity contribution in [2.45, 2.75) is 18.2 Å². The Hall–Kier alpha value is -2.34. The van der Waals surface area contributed by atoms with E-state index in [4.69, 9.17) is 22.5 Å². The second-order valence-corrected chi connectivity index (χ2v) is 9.43. The van der Waals surface area contributed by atoms with Crippen LogP contribution in [-0.2, 0) is 21.5 Å². The van der Waals surface area contributed by atoms with Gasteiger partial charge in [0, 0.05) is 12.6 Å². The van der Waals surface area contributed by atoms with E-state index in [0.717, 1.165) is 18.2 Å². The summed E-state index contributed by atoms with van der Waals surface area (Å²) in [4.78, 5) is 19.3. The zero-order chi connectivity index (χ0) is 22.1. The lowest BCUT2D eigenvalue weighted by Gasteiger charge is -2.62. The Morgan fingerprint density at radius 1 is 1.42 bits per heavy atom. The smallest absolute Gasteiger partial charge is 0.224 e. The number of nitrogens with one attached hydrogen (secondary N) is 3. The van der Waals surface area contributed by atoms with Gasteiger partial charge in [0.25, 0.3) is 0 Å². The Bertz CT molecular complexity index is 1010. The third-order valence-corrected chi connectivity index (χ3v) is 7.35. The SMILES string of the molecule is NC(=O)C1C2CC(CNS(=O)Cc3cccc(NO)c3)C2C1Nc1nc(Cl)ncc1F. The first kappa shape index (κ1) is 21.9. The van der Waals surface area contributed by atoms with Crippen LogP contribution in [0.4, 0.5) is 15.9 Å². The molecule has 12 heteroatoms. The number of nitrogens with zero attached hydrogens (tertiary/aromatic N) is 2.